The number of nitrogens with zero attached hydrogens (tertiary/aromatic N) is 1. The number of aromatic nitrogens is 1. The Morgan fingerprint density at radius 2 is 1.85 bits per heavy atom. The third-order valence-electron chi connectivity index (χ3n) is 6.47. The predicted octanol–water partition coefficient (Wildman–Crippen LogP) is 4.50. The van der Waals surface area contributed by atoms with E-state index >= 15 is 0 Å². The van der Waals surface area contributed by atoms with Crippen LogP contribution in [0.3, 0.4) is 0 Å². The Hall–Kier alpha value is -3.39. The molecular weight excluding hydrogens is 439 g/mol. The number of halogens is 1. The van der Waals surface area contributed by atoms with Gasteiger partial charge in [-0.05, 0) is 62.6 Å². The van der Waals surface area contributed by atoms with Gasteiger partial charge < -0.3 is 24.1 Å². The molecule has 1 aliphatic rings. The molecule has 1 saturated heterocycles. The fourth-order valence-electron chi connectivity index (χ4n) is 4.27. The van der Waals surface area contributed by atoms with Crippen LogP contribution in [0.5, 0.6) is 11.5 Å². The van der Waals surface area contributed by atoms with E-state index in [1.165, 1.54) is 19.2 Å². The zero-order valence-corrected chi connectivity index (χ0v) is 19.7. The highest BCUT2D eigenvalue weighted by Gasteiger charge is 2.35. The van der Waals surface area contributed by atoms with Crippen LogP contribution in [-0.4, -0.2) is 37.9 Å². The number of ether oxygens (including phenoxy) is 3. The summed E-state index contributed by atoms with van der Waals surface area (Å²) in [5.41, 5.74) is 2.81. The molecule has 1 N–H and O–H groups in total. The average Bonchev–Trinajstić information content (AvgIpc) is 3.19. The van der Waals surface area contributed by atoms with Crippen molar-refractivity contribution in [2.45, 2.75) is 38.7 Å². The van der Waals surface area contributed by atoms with Crippen LogP contribution in [0, 0.1) is 19.7 Å². The molecule has 0 saturated carbocycles. The SMILES string of the molecule is COc1cc(C(=O)NCC2(c3ccc(F)cc3)CCOCC2)ccc1OCc1c(C)noc1C. The second kappa shape index (κ2) is 10.3. The highest BCUT2D eigenvalue weighted by Crippen LogP contribution is 2.35. The van der Waals surface area contributed by atoms with Crippen molar-refractivity contribution in [1.82, 2.24) is 10.5 Å². The van der Waals surface area contributed by atoms with Crippen LogP contribution in [0.15, 0.2) is 47.0 Å². The van der Waals surface area contributed by atoms with Gasteiger partial charge in [0.05, 0.1) is 18.4 Å². The van der Waals surface area contributed by atoms with Gasteiger partial charge in [-0.2, -0.15) is 0 Å². The Morgan fingerprint density at radius 1 is 1.12 bits per heavy atom. The fourth-order valence-corrected chi connectivity index (χ4v) is 4.27. The minimum Gasteiger partial charge on any atom is -0.493 e. The van der Waals surface area contributed by atoms with Crippen molar-refractivity contribution in [3.8, 4) is 11.5 Å². The van der Waals surface area contributed by atoms with E-state index in [4.69, 9.17) is 18.7 Å². The third-order valence-corrected chi connectivity index (χ3v) is 6.47. The molecule has 7 nitrogen and oxygen atoms in total. The number of amides is 1. The van der Waals surface area contributed by atoms with Crippen molar-refractivity contribution >= 4 is 5.91 Å². The Labute approximate surface area is 198 Å². The normalized spacial score (nSPS) is 15.1. The lowest BCUT2D eigenvalue weighted by Crippen LogP contribution is -2.44. The summed E-state index contributed by atoms with van der Waals surface area (Å²) in [7, 11) is 1.53. The van der Waals surface area contributed by atoms with Gasteiger partial charge in [-0.3, -0.25) is 4.79 Å². The van der Waals surface area contributed by atoms with Crippen molar-refractivity contribution in [3.63, 3.8) is 0 Å². The number of aryl methyl sites for hydroxylation is 2. The molecule has 0 bridgehead atoms. The van der Waals surface area contributed by atoms with E-state index in [-0.39, 0.29) is 23.7 Å². The van der Waals surface area contributed by atoms with Crippen LogP contribution in [0.2, 0.25) is 0 Å². The summed E-state index contributed by atoms with van der Waals surface area (Å²) in [6.45, 7) is 5.59. The molecule has 1 aliphatic heterocycles. The Balaban J connectivity index is 1.46. The Kier molecular flexibility index (Phi) is 7.17. The monoisotopic (exact) mass is 468 g/mol. The summed E-state index contributed by atoms with van der Waals surface area (Å²) in [6, 6.07) is 11.6. The smallest absolute Gasteiger partial charge is 0.251 e. The van der Waals surface area contributed by atoms with Crippen molar-refractivity contribution in [3.05, 3.63) is 76.4 Å². The van der Waals surface area contributed by atoms with Crippen LogP contribution in [0.1, 0.15) is 45.8 Å². The van der Waals surface area contributed by atoms with Gasteiger partial charge in [0.25, 0.3) is 5.91 Å². The molecule has 1 aromatic heterocycles. The van der Waals surface area contributed by atoms with Crippen LogP contribution in [0.4, 0.5) is 4.39 Å². The largest absolute Gasteiger partial charge is 0.493 e. The number of methoxy groups -OCH3 is 1. The molecule has 0 atom stereocenters. The number of carbonyl (C=O) groups excluding carboxylic acids is 1. The van der Waals surface area contributed by atoms with E-state index in [1.807, 2.05) is 13.8 Å². The maximum absolute atomic E-state index is 13.5. The maximum atomic E-state index is 13.5. The van der Waals surface area contributed by atoms with Crippen molar-refractivity contribution in [2.24, 2.45) is 0 Å². The lowest BCUT2D eigenvalue weighted by Gasteiger charge is -2.38. The van der Waals surface area contributed by atoms with Gasteiger partial charge >= 0.3 is 0 Å². The summed E-state index contributed by atoms with van der Waals surface area (Å²) in [5, 5.41) is 6.99. The van der Waals surface area contributed by atoms with Crippen molar-refractivity contribution in [1.29, 1.82) is 0 Å². The zero-order valence-electron chi connectivity index (χ0n) is 19.7. The third kappa shape index (κ3) is 5.07. The van der Waals surface area contributed by atoms with Crippen molar-refractivity contribution < 1.29 is 27.9 Å². The molecular formula is C26H29FN2O5. The van der Waals surface area contributed by atoms with Crippen molar-refractivity contribution in [2.75, 3.05) is 26.9 Å². The molecule has 0 unspecified atom stereocenters. The first-order valence-electron chi connectivity index (χ1n) is 11.3. The lowest BCUT2D eigenvalue weighted by atomic mass is 9.74. The summed E-state index contributed by atoms with van der Waals surface area (Å²) >= 11 is 0. The van der Waals surface area contributed by atoms with E-state index in [1.54, 1.807) is 30.3 Å². The minimum atomic E-state index is -0.302. The van der Waals surface area contributed by atoms with E-state index < -0.39 is 0 Å². The molecule has 1 fully saturated rings. The maximum Gasteiger partial charge on any atom is 0.251 e. The quantitative estimate of drug-likeness (QED) is 0.524. The zero-order chi connectivity index (χ0) is 24.1. The topological polar surface area (TPSA) is 82.8 Å². The van der Waals surface area contributed by atoms with Crippen LogP contribution < -0.4 is 14.8 Å². The molecule has 180 valence electrons. The van der Waals surface area contributed by atoms with Crippen LogP contribution in [0.25, 0.3) is 0 Å². The summed E-state index contributed by atoms with van der Waals surface area (Å²) in [6.07, 6.45) is 1.49. The molecule has 4 rings (SSSR count). The van der Waals surface area contributed by atoms with Gasteiger partial charge in [-0.25, -0.2) is 4.39 Å². The summed E-state index contributed by atoms with van der Waals surface area (Å²) in [5.74, 6) is 1.18. The Bertz CT molecular complexity index is 1120. The summed E-state index contributed by atoms with van der Waals surface area (Å²) < 4.78 is 35.6. The molecule has 2 heterocycles. The number of hydrogen-bond acceptors (Lipinski definition) is 6. The first-order chi connectivity index (χ1) is 16.4. The number of rotatable bonds is 8. The standard InChI is InChI=1S/C26H29FN2O5/c1-17-22(18(2)34-29-17)15-33-23-9-4-19(14-24(23)31-3)25(30)28-16-26(10-12-32-13-11-26)20-5-7-21(27)8-6-20/h4-9,14H,10-13,15-16H2,1-3H3,(H,28,30). The molecule has 2 aromatic carbocycles. The second-order valence-electron chi connectivity index (χ2n) is 8.54. The van der Waals surface area contributed by atoms with E-state index in [0.29, 0.717) is 42.6 Å². The highest BCUT2D eigenvalue weighted by atomic mass is 19.1. The van der Waals surface area contributed by atoms with Crippen LogP contribution >= 0.6 is 0 Å². The Morgan fingerprint density at radius 3 is 2.50 bits per heavy atom. The number of carbonyl (C=O) groups is 1. The molecule has 34 heavy (non-hydrogen) atoms. The van der Waals surface area contributed by atoms with Gasteiger partial charge in [-0.15, -0.1) is 0 Å². The molecule has 1 amide bonds. The van der Waals surface area contributed by atoms with Gasteiger partial charge in [0.15, 0.2) is 11.5 Å². The molecule has 0 aliphatic carbocycles. The minimum absolute atomic E-state index is 0.219. The predicted molar refractivity (Wildman–Crippen MR) is 124 cm³/mol. The second-order valence-corrected chi connectivity index (χ2v) is 8.54. The molecule has 3 aromatic rings. The van der Waals surface area contributed by atoms with Gasteiger partial charge in [0.2, 0.25) is 0 Å². The lowest BCUT2D eigenvalue weighted by molar-refractivity contribution is 0.0487. The highest BCUT2D eigenvalue weighted by molar-refractivity contribution is 5.95. The first-order valence-corrected chi connectivity index (χ1v) is 11.3. The number of hydrogen-bond donors (Lipinski definition) is 1. The average molecular weight is 469 g/mol. The van der Waals surface area contributed by atoms with Gasteiger partial charge in [-0.1, -0.05) is 17.3 Å². The fraction of sp³-hybridized carbons (Fsp3) is 0.385. The first kappa shape index (κ1) is 23.8. The number of nitrogens with one attached hydrogen (secondary N) is 1. The number of benzene rings is 2. The molecule has 0 spiro atoms. The van der Waals surface area contributed by atoms with Gasteiger partial charge in [0.1, 0.15) is 18.2 Å². The molecule has 0 radical (unpaired) electrons. The van der Waals surface area contributed by atoms with Gasteiger partial charge in [0, 0.05) is 30.7 Å². The van der Waals surface area contributed by atoms with E-state index in [9.17, 15) is 9.18 Å². The summed E-state index contributed by atoms with van der Waals surface area (Å²) in [4.78, 5) is 13.0. The molecule has 8 heteroatoms. The van der Waals surface area contributed by atoms with E-state index in [0.717, 1.165) is 29.7 Å². The van der Waals surface area contributed by atoms with Crippen LogP contribution in [-0.2, 0) is 16.8 Å². The van der Waals surface area contributed by atoms with E-state index in [2.05, 4.69) is 10.5 Å².